The standard InChI is InChI=1S/C20H28FN5S/c1-3-22-19(24-13-16-6-7-18(21)15(2)12-16)23-9-8-17-14-27-20(25-17)26-10-4-5-11-26/h6-7,12,14H,3-5,8-11,13H2,1-2H3,(H2,22,23,24). The first-order chi connectivity index (χ1) is 13.2. The van der Waals surface area contributed by atoms with Crippen molar-refractivity contribution in [1.82, 2.24) is 15.6 Å². The van der Waals surface area contributed by atoms with E-state index in [0.29, 0.717) is 12.1 Å². The molecule has 0 amide bonds. The van der Waals surface area contributed by atoms with Gasteiger partial charge in [0.2, 0.25) is 0 Å². The maximum Gasteiger partial charge on any atom is 0.191 e. The molecular weight excluding hydrogens is 361 g/mol. The molecule has 2 N–H and O–H groups in total. The molecule has 0 unspecified atom stereocenters. The highest BCUT2D eigenvalue weighted by Gasteiger charge is 2.15. The Bertz CT molecular complexity index is 767. The van der Waals surface area contributed by atoms with Crippen molar-refractivity contribution in [2.75, 3.05) is 31.1 Å². The number of benzene rings is 1. The molecule has 2 aromatic rings. The van der Waals surface area contributed by atoms with Crippen molar-refractivity contribution in [2.45, 2.75) is 39.7 Å². The summed E-state index contributed by atoms with van der Waals surface area (Å²) in [4.78, 5) is 11.7. The summed E-state index contributed by atoms with van der Waals surface area (Å²) < 4.78 is 13.4. The molecule has 1 saturated heterocycles. The second kappa shape index (κ2) is 9.69. The normalized spacial score (nSPS) is 14.6. The minimum Gasteiger partial charge on any atom is -0.357 e. The van der Waals surface area contributed by atoms with E-state index in [-0.39, 0.29) is 5.82 Å². The summed E-state index contributed by atoms with van der Waals surface area (Å²) in [7, 11) is 0. The number of guanidine groups is 1. The van der Waals surface area contributed by atoms with Crippen LogP contribution in [0.25, 0.3) is 0 Å². The monoisotopic (exact) mass is 389 g/mol. The zero-order valence-electron chi connectivity index (χ0n) is 16.1. The average Bonchev–Trinajstić information content (AvgIpc) is 3.34. The molecule has 1 aliphatic rings. The smallest absolute Gasteiger partial charge is 0.191 e. The molecule has 146 valence electrons. The maximum atomic E-state index is 13.4. The summed E-state index contributed by atoms with van der Waals surface area (Å²) in [5.41, 5.74) is 2.78. The van der Waals surface area contributed by atoms with Crippen molar-refractivity contribution in [1.29, 1.82) is 0 Å². The third-order valence-corrected chi connectivity index (χ3v) is 5.53. The summed E-state index contributed by atoms with van der Waals surface area (Å²) in [6.45, 7) is 8.17. The Balaban J connectivity index is 1.50. The number of aromatic nitrogens is 1. The number of anilines is 1. The van der Waals surface area contributed by atoms with Crippen LogP contribution in [0.2, 0.25) is 0 Å². The lowest BCUT2D eigenvalue weighted by Crippen LogP contribution is -2.38. The zero-order chi connectivity index (χ0) is 19.1. The van der Waals surface area contributed by atoms with Crippen LogP contribution in [-0.4, -0.2) is 37.1 Å². The predicted octanol–water partition coefficient (Wildman–Crippen LogP) is 3.49. The van der Waals surface area contributed by atoms with Crippen LogP contribution in [0.1, 0.15) is 36.6 Å². The first kappa shape index (κ1) is 19.6. The van der Waals surface area contributed by atoms with Crippen molar-refractivity contribution in [3.05, 3.63) is 46.2 Å². The minimum absolute atomic E-state index is 0.177. The Hall–Kier alpha value is -2.15. The number of aryl methyl sites for hydroxylation is 1. The van der Waals surface area contributed by atoms with Gasteiger partial charge < -0.3 is 15.5 Å². The first-order valence-corrected chi connectivity index (χ1v) is 10.5. The van der Waals surface area contributed by atoms with Crippen molar-refractivity contribution < 1.29 is 4.39 Å². The number of nitrogens with one attached hydrogen (secondary N) is 2. The van der Waals surface area contributed by atoms with Crippen molar-refractivity contribution in [3.8, 4) is 0 Å². The topological polar surface area (TPSA) is 52.6 Å². The SMILES string of the molecule is CCNC(=NCc1ccc(F)c(C)c1)NCCc1csc(N2CCCC2)n1. The number of halogens is 1. The highest BCUT2D eigenvalue weighted by Crippen LogP contribution is 2.24. The molecule has 0 atom stereocenters. The third kappa shape index (κ3) is 5.66. The van der Waals surface area contributed by atoms with E-state index in [1.54, 1.807) is 24.3 Å². The van der Waals surface area contributed by atoms with Crippen LogP contribution in [0.5, 0.6) is 0 Å². The number of hydrogen-bond acceptors (Lipinski definition) is 4. The number of hydrogen-bond donors (Lipinski definition) is 2. The summed E-state index contributed by atoms with van der Waals surface area (Å²) in [6.07, 6.45) is 3.41. The van der Waals surface area contributed by atoms with E-state index >= 15 is 0 Å². The molecular formula is C20H28FN5S. The summed E-state index contributed by atoms with van der Waals surface area (Å²) in [5, 5.41) is 9.92. The van der Waals surface area contributed by atoms with Crippen molar-refractivity contribution >= 4 is 22.4 Å². The molecule has 7 heteroatoms. The largest absolute Gasteiger partial charge is 0.357 e. The number of rotatable bonds is 7. The Kier molecular flexibility index (Phi) is 7.04. The summed E-state index contributed by atoms with van der Waals surface area (Å²) in [6, 6.07) is 5.13. The van der Waals surface area contributed by atoms with Crippen LogP contribution < -0.4 is 15.5 Å². The van der Waals surface area contributed by atoms with Crippen LogP contribution in [0, 0.1) is 12.7 Å². The van der Waals surface area contributed by atoms with E-state index in [1.807, 2.05) is 13.0 Å². The van der Waals surface area contributed by atoms with Gasteiger partial charge in [-0.1, -0.05) is 12.1 Å². The van der Waals surface area contributed by atoms with E-state index in [2.05, 4.69) is 25.9 Å². The average molecular weight is 390 g/mol. The maximum absolute atomic E-state index is 13.4. The van der Waals surface area contributed by atoms with Gasteiger partial charge in [-0.25, -0.2) is 14.4 Å². The van der Waals surface area contributed by atoms with Gasteiger partial charge in [-0.05, 0) is 43.9 Å². The molecule has 2 heterocycles. The van der Waals surface area contributed by atoms with Gasteiger partial charge in [-0.3, -0.25) is 0 Å². The second-order valence-corrected chi connectivity index (χ2v) is 7.61. The fourth-order valence-electron chi connectivity index (χ4n) is 3.09. The van der Waals surface area contributed by atoms with E-state index in [9.17, 15) is 4.39 Å². The van der Waals surface area contributed by atoms with E-state index in [4.69, 9.17) is 4.98 Å². The fraction of sp³-hybridized carbons (Fsp3) is 0.500. The van der Waals surface area contributed by atoms with Gasteiger partial charge in [0.05, 0.1) is 12.2 Å². The quantitative estimate of drug-likeness (QED) is 0.562. The molecule has 0 aliphatic carbocycles. The van der Waals surface area contributed by atoms with Crippen LogP contribution in [0.3, 0.4) is 0 Å². The molecule has 0 spiro atoms. The van der Waals surface area contributed by atoms with Gasteiger partial charge in [0.15, 0.2) is 11.1 Å². The van der Waals surface area contributed by atoms with Gasteiger partial charge >= 0.3 is 0 Å². The molecule has 3 rings (SSSR count). The first-order valence-electron chi connectivity index (χ1n) is 9.62. The van der Waals surface area contributed by atoms with E-state index < -0.39 is 0 Å². The molecule has 5 nitrogen and oxygen atoms in total. The van der Waals surface area contributed by atoms with Crippen LogP contribution in [0.15, 0.2) is 28.6 Å². The lowest BCUT2D eigenvalue weighted by Gasteiger charge is -2.12. The molecule has 0 radical (unpaired) electrons. The van der Waals surface area contributed by atoms with Crippen LogP contribution >= 0.6 is 11.3 Å². The minimum atomic E-state index is -0.177. The highest BCUT2D eigenvalue weighted by molar-refractivity contribution is 7.13. The third-order valence-electron chi connectivity index (χ3n) is 4.58. The molecule has 1 aromatic heterocycles. The van der Waals surface area contributed by atoms with Gasteiger partial charge in [0.1, 0.15) is 5.82 Å². The van der Waals surface area contributed by atoms with E-state index in [0.717, 1.165) is 54.9 Å². The lowest BCUT2D eigenvalue weighted by atomic mass is 10.1. The Morgan fingerprint density at radius 3 is 2.85 bits per heavy atom. The van der Waals surface area contributed by atoms with Crippen molar-refractivity contribution in [3.63, 3.8) is 0 Å². The fourth-order valence-corrected chi connectivity index (χ4v) is 4.00. The zero-order valence-corrected chi connectivity index (χ0v) is 16.9. The highest BCUT2D eigenvalue weighted by atomic mass is 32.1. The molecule has 0 bridgehead atoms. The van der Waals surface area contributed by atoms with E-state index in [1.165, 1.54) is 18.9 Å². The Morgan fingerprint density at radius 2 is 2.11 bits per heavy atom. The lowest BCUT2D eigenvalue weighted by molar-refractivity contribution is 0.617. The van der Waals surface area contributed by atoms with Crippen LogP contribution in [0.4, 0.5) is 9.52 Å². The molecule has 1 aromatic carbocycles. The number of nitrogens with zero attached hydrogens (tertiary/aromatic N) is 3. The van der Waals surface area contributed by atoms with Gasteiger partial charge in [0.25, 0.3) is 0 Å². The van der Waals surface area contributed by atoms with Gasteiger partial charge in [0, 0.05) is 38.0 Å². The van der Waals surface area contributed by atoms with Crippen molar-refractivity contribution in [2.24, 2.45) is 4.99 Å². The predicted molar refractivity (Wildman–Crippen MR) is 111 cm³/mol. The second-order valence-electron chi connectivity index (χ2n) is 6.77. The summed E-state index contributed by atoms with van der Waals surface area (Å²) in [5.74, 6) is 0.596. The molecule has 0 saturated carbocycles. The molecule has 27 heavy (non-hydrogen) atoms. The number of thiazole rings is 1. The number of aliphatic imine (C=N–C) groups is 1. The van der Waals surface area contributed by atoms with Gasteiger partial charge in [-0.2, -0.15) is 0 Å². The Labute approximate surface area is 164 Å². The molecule has 1 fully saturated rings. The molecule has 1 aliphatic heterocycles. The Morgan fingerprint density at radius 1 is 1.30 bits per heavy atom. The summed E-state index contributed by atoms with van der Waals surface area (Å²) >= 11 is 1.74. The van der Waals surface area contributed by atoms with Crippen LogP contribution in [-0.2, 0) is 13.0 Å². The van der Waals surface area contributed by atoms with Gasteiger partial charge in [-0.15, -0.1) is 11.3 Å².